The lowest BCUT2D eigenvalue weighted by Crippen LogP contribution is -2.17. The fourth-order valence-corrected chi connectivity index (χ4v) is 2.50. The first-order valence-electron chi connectivity index (χ1n) is 8.43. The zero-order valence-electron chi connectivity index (χ0n) is 14.7. The Balaban J connectivity index is 1.80. The first-order chi connectivity index (χ1) is 12.1. The second kappa shape index (κ2) is 9.91. The molecule has 0 aliphatic heterocycles. The van der Waals surface area contributed by atoms with E-state index in [4.69, 9.17) is 9.47 Å². The Hall–Kier alpha value is -2.24. The number of pyridine rings is 1. The van der Waals surface area contributed by atoms with Crippen molar-refractivity contribution in [2.45, 2.75) is 26.4 Å². The van der Waals surface area contributed by atoms with E-state index in [-0.39, 0.29) is 18.5 Å². The predicted octanol–water partition coefficient (Wildman–Crippen LogP) is 2.92. The molecule has 1 aromatic carbocycles. The van der Waals surface area contributed by atoms with E-state index in [1.807, 2.05) is 49.5 Å². The normalized spacial score (nSPS) is 13.2. The van der Waals surface area contributed by atoms with Gasteiger partial charge < -0.3 is 14.6 Å². The average Bonchev–Trinajstić information content (AvgIpc) is 2.62. The first kappa shape index (κ1) is 19.1. The van der Waals surface area contributed by atoms with Crippen molar-refractivity contribution in [1.82, 2.24) is 4.98 Å². The molecule has 2 unspecified atom stereocenters. The lowest BCUT2D eigenvalue weighted by Gasteiger charge is -2.19. The molecule has 0 radical (unpaired) electrons. The van der Waals surface area contributed by atoms with Crippen LogP contribution in [0.2, 0.25) is 0 Å². The molecule has 0 saturated carbocycles. The van der Waals surface area contributed by atoms with Crippen molar-refractivity contribution in [3.05, 3.63) is 65.5 Å². The summed E-state index contributed by atoms with van der Waals surface area (Å²) in [5.41, 5.74) is 3.20. The maximum atomic E-state index is 10.7. The highest BCUT2D eigenvalue weighted by molar-refractivity contribution is 5.65. The van der Waals surface area contributed by atoms with Gasteiger partial charge >= 0.3 is 5.97 Å². The van der Waals surface area contributed by atoms with Crippen molar-refractivity contribution in [3.63, 3.8) is 0 Å². The molecule has 2 aromatic rings. The highest BCUT2D eigenvalue weighted by atomic mass is 16.6. The molecule has 2 atom stereocenters. The first-order valence-corrected chi connectivity index (χ1v) is 8.43. The van der Waals surface area contributed by atoms with Crippen molar-refractivity contribution < 1.29 is 19.4 Å². The molecule has 0 amide bonds. The number of benzene rings is 1. The molecule has 0 fully saturated rings. The number of ether oxygens (including phenoxy) is 2. The summed E-state index contributed by atoms with van der Waals surface area (Å²) in [6.07, 6.45) is 3.84. The van der Waals surface area contributed by atoms with Gasteiger partial charge in [0.05, 0.1) is 19.3 Å². The molecule has 0 aliphatic carbocycles. The van der Waals surface area contributed by atoms with E-state index in [1.54, 1.807) is 6.20 Å². The van der Waals surface area contributed by atoms with E-state index in [1.165, 1.54) is 12.5 Å². The van der Waals surface area contributed by atoms with Gasteiger partial charge in [0.1, 0.15) is 6.61 Å². The van der Waals surface area contributed by atoms with Gasteiger partial charge in [-0.15, -0.1) is 0 Å². The van der Waals surface area contributed by atoms with Crippen molar-refractivity contribution in [2.75, 3.05) is 19.8 Å². The third-order valence-electron chi connectivity index (χ3n) is 3.91. The van der Waals surface area contributed by atoms with Crippen LogP contribution in [0.15, 0.2) is 48.8 Å². The minimum absolute atomic E-state index is 0.0542. The molecule has 1 N–H and O–H groups in total. The Kier molecular flexibility index (Phi) is 7.57. The van der Waals surface area contributed by atoms with Gasteiger partial charge in [-0.2, -0.15) is 0 Å². The van der Waals surface area contributed by atoms with Crippen molar-refractivity contribution in [2.24, 2.45) is 5.92 Å². The van der Waals surface area contributed by atoms with Crippen LogP contribution in [0.25, 0.3) is 0 Å². The lowest BCUT2D eigenvalue weighted by atomic mass is 9.96. The number of hydrogen-bond donors (Lipinski definition) is 1. The van der Waals surface area contributed by atoms with Crippen LogP contribution in [-0.4, -0.2) is 35.9 Å². The zero-order valence-corrected chi connectivity index (χ0v) is 14.7. The molecule has 1 heterocycles. The molecule has 25 heavy (non-hydrogen) atoms. The van der Waals surface area contributed by atoms with Gasteiger partial charge in [0, 0.05) is 25.2 Å². The molecule has 5 heteroatoms. The molecule has 0 saturated heterocycles. The van der Waals surface area contributed by atoms with E-state index >= 15 is 0 Å². The molecular weight excluding hydrogens is 318 g/mol. The maximum Gasteiger partial charge on any atom is 0.302 e. The van der Waals surface area contributed by atoms with Gasteiger partial charge in [0.15, 0.2) is 0 Å². The number of aromatic nitrogens is 1. The number of aliphatic hydroxyl groups excluding tert-OH is 1. The molecule has 5 nitrogen and oxygen atoms in total. The summed E-state index contributed by atoms with van der Waals surface area (Å²) < 4.78 is 10.2. The van der Waals surface area contributed by atoms with Crippen LogP contribution in [0.1, 0.15) is 36.6 Å². The van der Waals surface area contributed by atoms with Crippen LogP contribution in [-0.2, 0) is 20.7 Å². The van der Waals surface area contributed by atoms with Crippen LogP contribution in [0.5, 0.6) is 0 Å². The summed E-state index contributed by atoms with van der Waals surface area (Å²) in [6, 6.07) is 11.9. The van der Waals surface area contributed by atoms with Gasteiger partial charge in [0.25, 0.3) is 0 Å². The Labute approximate surface area is 148 Å². The summed E-state index contributed by atoms with van der Waals surface area (Å²) in [5.74, 6) is -0.371. The van der Waals surface area contributed by atoms with E-state index in [2.05, 4.69) is 4.98 Å². The van der Waals surface area contributed by atoms with Gasteiger partial charge in [-0.05, 0) is 29.2 Å². The summed E-state index contributed by atoms with van der Waals surface area (Å²) in [4.78, 5) is 14.8. The topological polar surface area (TPSA) is 68.7 Å². The molecule has 0 aliphatic rings. The minimum Gasteiger partial charge on any atom is -0.463 e. The number of esters is 1. The maximum absolute atomic E-state index is 10.7. The van der Waals surface area contributed by atoms with Crippen molar-refractivity contribution >= 4 is 5.97 Å². The van der Waals surface area contributed by atoms with E-state index < -0.39 is 6.10 Å². The standard InChI is InChI=1S/C20H25NO4/c1-15(14-24-10-11-25-16(2)22)20(23)19-7-5-17(6-8-19)12-18-4-3-9-21-13-18/h3-9,13,15,20,23H,10-12,14H2,1-2H3. The van der Waals surface area contributed by atoms with Gasteiger partial charge in [-0.3, -0.25) is 9.78 Å². The molecule has 0 bridgehead atoms. The van der Waals surface area contributed by atoms with Crippen molar-refractivity contribution in [3.8, 4) is 0 Å². The number of carbonyl (C=O) groups is 1. The third kappa shape index (κ3) is 6.64. The Morgan fingerprint density at radius 3 is 2.56 bits per heavy atom. The number of aliphatic hydroxyl groups is 1. The second-order valence-corrected chi connectivity index (χ2v) is 6.12. The van der Waals surface area contributed by atoms with Gasteiger partial charge in [0.2, 0.25) is 0 Å². The lowest BCUT2D eigenvalue weighted by molar-refractivity contribution is -0.142. The van der Waals surface area contributed by atoms with E-state index in [9.17, 15) is 9.90 Å². The van der Waals surface area contributed by atoms with Crippen LogP contribution < -0.4 is 0 Å². The summed E-state index contributed by atoms with van der Waals surface area (Å²) in [7, 11) is 0. The number of nitrogens with zero attached hydrogens (tertiary/aromatic N) is 1. The number of rotatable bonds is 9. The number of hydrogen-bond acceptors (Lipinski definition) is 5. The minimum atomic E-state index is -0.596. The zero-order chi connectivity index (χ0) is 18.1. The number of carbonyl (C=O) groups excluding carboxylic acids is 1. The fraction of sp³-hybridized carbons (Fsp3) is 0.400. The highest BCUT2D eigenvalue weighted by Crippen LogP contribution is 2.23. The van der Waals surface area contributed by atoms with Crippen molar-refractivity contribution in [1.29, 1.82) is 0 Å². The molecule has 0 spiro atoms. The van der Waals surface area contributed by atoms with Gasteiger partial charge in [-0.25, -0.2) is 0 Å². The summed E-state index contributed by atoms with van der Waals surface area (Å²) in [6.45, 7) is 4.27. The fourth-order valence-electron chi connectivity index (χ4n) is 2.50. The SMILES string of the molecule is CC(=O)OCCOCC(C)C(O)c1ccc(Cc2cccnc2)cc1. The Morgan fingerprint density at radius 2 is 1.92 bits per heavy atom. The smallest absolute Gasteiger partial charge is 0.302 e. The molecular formula is C20H25NO4. The van der Waals surface area contributed by atoms with Crippen LogP contribution >= 0.6 is 0 Å². The summed E-state index contributed by atoms with van der Waals surface area (Å²) >= 11 is 0. The molecule has 2 rings (SSSR count). The average molecular weight is 343 g/mol. The molecule has 134 valence electrons. The van der Waals surface area contributed by atoms with Crippen LogP contribution in [0, 0.1) is 5.92 Å². The summed E-state index contributed by atoms with van der Waals surface area (Å²) in [5, 5.41) is 10.4. The Morgan fingerprint density at radius 1 is 1.16 bits per heavy atom. The predicted molar refractivity (Wildman–Crippen MR) is 95.1 cm³/mol. The third-order valence-corrected chi connectivity index (χ3v) is 3.91. The monoisotopic (exact) mass is 343 g/mol. The quantitative estimate of drug-likeness (QED) is 0.560. The second-order valence-electron chi connectivity index (χ2n) is 6.12. The van der Waals surface area contributed by atoms with E-state index in [0.717, 1.165) is 17.5 Å². The Bertz CT molecular complexity index is 643. The van der Waals surface area contributed by atoms with E-state index in [0.29, 0.717) is 13.2 Å². The largest absolute Gasteiger partial charge is 0.463 e. The highest BCUT2D eigenvalue weighted by Gasteiger charge is 2.16. The van der Waals surface area contributed by atoms with Crippen LogP contribution in [0.4, 0.5) is 0 Å². The van der Waals surface area contributed by atoms with Crippen LogP contribution in [0.3, 0.4) is 0 Å². The molecule has 1 aromatic heterocycles. The van der Waals surface area contributed by atoms with Gasteiger partial charge in [-0.1, -0.05) is 37.3 Å².